The number of carbonyl (C=O) groups is 2. The minimum atomic E-state index is -1.17. The summed E-state index contributed by atoms with van der Waals surface area (Å²) in [5.74, 6) is 3.08. The third-order valence-electron chi connectivity index (χ3n) is 1.74. The van der Waals surface area contributed by atoms with Crippen LogP contribution in [-0.4, -0.2) is 23.3 Å². The average Bonchev–Trinajstić information content (AvgIpc) is 2.25. The molecular weight excluding hydrogens is 212 g/mol. The average molecular weight is 222 g/mol. The number of carboxylic acid groups (broad SMARTS) is 1. The van der Waals surface area contributed by atoms with Gasteiger partial charge in [-0.2, -0.15) is 0 Å². The molecule has 0 aliphatic heterocycles. The number of hydrogen-bond donors (Lipinski definition) is 4. The molecule has 6 N–H and O–H groups in total. The summed E-state index contributed by atoms with van der Waals surface area (Å²) < 4.78 is 0. The molecule has 0 heterocycles. The minimum Gasteiger partial charge on any atom is -0.478 e. The molecule has 16 heavy (non-hydrogen) atoms. The fraction of sp³-hybridized carbons (Fsp3) is 0. The van der Waals surface area contributed by atoms with Crippen LogP contribution in [0.3, 0.4) is 0 Å². The number of amides is 1. The quantitative estimate of drug-likeness (QED) is 0.238. The number of carboxylic acids is 1. The standard InChI is InChI=1S/C9H10N4O3/c10-8(14)5-1-6(9(15)16)3-7(2-5)12-4-13-11/h1-4H,11H2,(H2,10,14)(H,12,13)(H,15,16). The SMILES string of the molecule is NNC=Nc1cc(C(N)=O)cc(C(=O)O)c1. The van der Waals surface area contributed by atoms with Gasteiger partial charge < -0.3 is 16.3 Å². The van der Waals surface area contributed by atoms with Crippen LogP contribution in [-0.2, 0) is 0 Å². The van der Waals surface area contributed by atoms with Gasteiger partial charge in [0.05, 0.1) is 11.3 Å². The summed E-state index contributed by atoms with van der Waals surface area (Å²) in [6.45, 7) is 0. The van der Waals surface area contributed by atoms with Gasteiger partial charge in [-0.05, 0) is 18.2 Å². The Morgan fingerprint density at radius 2 is 1.94 bits per heavy atom. The molecule has 7 nitrogen and oxygen atoms in total. The van der Waals surface area contributed by atoms with Crippen LogP contribution in [0, 0.1) is 0 Å². The summed E-state index contributed by atoms with van der Waals surface area (Å²) in [5, 5.41) is 8.80. The van der Waals surface area contributed by atoms with Crippen molar-refractivity contribution < 1.29 is 14.7 Å². The first-order chi connectivity index (χ1) is 7.54. The molecule has 0 saturated carbocycles. The maximum atomic E-state index is 10.9. The van der Waals surface area contributed by atoms with Crippen molar-refractivity contribution in [1.82, 2.24) is 5.43 Å². The van der Waals surface area contributed by atoms with E-state index in [-0.39, 0.29) is 16.8 Å². The highest BCUT2D eigenvalue weighted by Crippen LogP contribution is 2.17. The summed E-state index contributed by atoms with van der Waals surface area (Å²) >= 11 is 0. The van der Waals surface area contributed by atoms with Crippen molar-refractivity contribution in [3.63, 3.8) is 0 Å². The first-order valence-corrected chi connectivity index (χ1v) is 4.21. The maximum absolute atomic E-state index is 10.9. The number of nitrogens with one attached hydrogen (secondary N) is 1. The van der Waals surface area contributed by atoms with E-state index >= 15 is 0 Å². The number of rotatable bonds is 4. The molecular formula is C9H10N4O3. The fourth-order valence-electron chi connectivity index (χ4n) is 1.06. The predicted octanol–water partition coefficient (Wildman–Crippen LogP) is -0.393. The van der Waals surface area contributed by atoms with Crippen LogP contribution in [0.2, 0.25) is 0 Å². The van der Waals surface area contributed by atoms with Crippen LogP contribution in [0.5, 0.6) is 0 Å². The van der Waals surface area contributed by atoms with Gasteiger partial charge in [0.15, 0.2) is 0 Å². The molecule has 0 aromatic heterocycles. The van der Waals surface area contributed by atoms with Gasteiger partial charge in [0.25, 0.3) is 0 Å². The third-order valence-corrected chi connectivity index (χ3v) is 1.74. The van der Waals surface area contributed by atoms with Gasteiger partial charge in [0.2, 0.25) is 5.91 Å². The van der Waals surface area contributed by atoms with E-state index in [2.05, 4.69) is 10.4 Å². The van der Waals surface area contributed by atoms with Crippen LogP contribution in [0.15, 0.2) is 23.2 Å². The largest absolute Gasteiger partial charge is 0.478 e. The Balaban J connectivity index is 3.24. The summed E-state index contributed by atoms with van der Waals surface area (Å²) in [7, 11) is 0. The van der Waals surface area contributed by atoms with Crippen LogP contribution in [0.25, 0.3) is 0 Å². The monoisotopic (exact) mass is 222 g/mol. The van der Waals surface area contributed by atoms with Gasteiger partial charge in [-0.1, -0.05) is 0 Å². The molecule has 7 heteroatoms. The number of nitrogens with two attached hydrogens (primary N) is 2. The summed E-state index contributed by atoms with van der Waals surface area (Å²) in [5.41, 5.74) is 7.49. The van der Waals surface area contributed by atoms with E-state index in [0.29, 0.717) is 0 Å². The van der Waals surface area contributed by atoms with E-state index in [0.717, 1.165) is 6.34 Å². The maximum Gasteiger partial charge on any atom is 0.335 e. The van der Waals surface area contributed by atoms with E-state index in [9.17, 15) is 9.59 Å². The van der Waals surface area contributed by atoms with Crippen molar-refractivity contribution in [2.45, 2.75) is 0 Å². The zero-order valence-electron chi connectivity index (χ0n) is 8.18. The predicted molar refractivity (Wildman–Crippen MR) is 57.4 cm³/mol. The molecule has 0 atom stereocenters. The molecule has 0 unspecified atom stereocenters. The Bertz CT molecular complexity index is 424. The molecule has 1 aromatic rings. The van der Waals surface area contributed by atoms with Crippen LogP contribution in [0.4, 0.5) is 5.69 Å². The lowest BCUT2D eigenvalue weighted by Gasteiger charge is -2.01. The third kappa shape index (κ3) is 2.79. The highest BCUT2D eigenvalue weighted by atomic mass is 16.4. The van der Waals surface area contributed by atoms with Gasteiger partial charge in [0.1, 0.15) is 6.34 Å². The van der Waals surface area contributed by atoms with Crippen LogP contribution < -0.4 is 17.0 Å². The van der Waals surface area contributed by atoms with Crippen molar-refractivity contribution in [2.75, 3.05) is 0 Å². The topological polar surface area (TPSA) is 131 Å². The molecule has 84 valence electrons. The summed E-state index contributed by atoms with van der Waals surface area (Å²) in [6.07, 6.45) is 1.16. The van der Waals surface area contributed by atoms with Crippen molar-refractivity contribution in [3.05, 3.63) is 29.3 Å². The smallest absolute Gasteiger partial charge is 0.335 e. The Kier molecular flexibility index (Phi) is 3.57. The summed E-state index contributed by atoms with van der Waals surface area (Å²) in [6, 6.07) is 3.84. The number of nitrogens with zero attached hydrogens (tertiary/aromatic N) is 1. The van der Waals surface area contributed by atoms with Crippen LogP contribution >= 0.6 is 0 Å². The zero-order chi connectivity index (χ0) is 12.1. The molecule has 0 aliphatic carbocycles. The number of carbonyl (C=O) groups excluding carboxylic acids is 1. The number of aromatic carboxylic acids is 1. The molecule has 1 amide bonds. The molecule has 0 spiro atoms. The second-order valence-corrected chi connectivity index (χ2v) is 2.86. The highest BCUT2D eigenvalue weighted by molar-refractivity contribution is 5.98. The van der Waals surface area contributed by atoms with Crippen LogP contribution in [0.1, 0.15) is 20.7 Å². The Labute approximate surface area is 90.7 Å². The normalized spacial score (nSPS) is 10.3. The van der Waals surface area contributed by atoms with E-state index < -0.39 is 11.9 Å². The molecule has 1 rings (SSSR count). The lowest BCUT2D eigenvalue weighted by molar-refractivity contribution is 0.0697. The first-order valence-electron chi connectivity index (χ1n) is 4.21. The van der Waals surface area contributed by atoms with E-state index in [4.69, 9.17) is 16.7 Å². The van der Waals surface area contributed by atoms with Crippen molar-refractivity contribution in [3.8, 4) is 0 Å². The van der Waals surface area contributed by atoms with Gasteiger partial charge in [-0.15, -0.1) is 0 Å². The van der Waals surface area contributed by atoms with E-state index in [1.807, 2.05) is 0 Å². The Morgan fingerprint density at radius 1 is 1.31 bits per heavy atom. The summed E-state index contributed by atoms with van der Waals surface area (Å²) in [4.78, 5) is 25.5. The Morgan fingerprint density at radius 3 is 2.44 bits per heavy atom. The second kappa shape index (κ2) is 4.89. The highest BCUT2D eigenvalue weighted by Gasteiger charge is 2.09. The first kappa shape index (κ1) is 11.7. The van der Waals surface area contributed by atoms with Gasteiger partial charge in [-0.3, -0.25) is 4.79 Å². The molecule has 1 aromatic carbocycles. The Hall–Kier alpha value is -2.41. The minimum absolute atomic E-state index is 0.0690. The lowest BCUT2D eigenvalue weighted by atomic mass is 10.1. The van der Waals surface area contributed by atoms with E-state index in [1.165, 1.54) is 18.2 Å². The number of hydrazine groups is 1. The van der Waals surface area contributed by atoms with Gasteiger partial charge >= 0.3 is 5.97 Å². The fourth-order valence-corrected chi connectivity index (χ4v) is 1.06. The lowest BCUT2D eigenvalue weighted by Crippen LogP contribution is -2.18. The molecule has 0 aliphatic rings. The molecule has 0 radical (unpaired) electrons. The van der Waals surface area contributed by atoms with Crippen molar-refractivity contribution in [2.24, 2.45) is 16.6 Å². The zero-order valence-corrected chi connectivity index (χ0v) is 8.18. The number of benzene rings is 1. The molecule has 0 fully saturated rings. The number of hydrogen-bond acceptors (Lipinski definition) is 4. The van der Waals surface area contributed by atoms with Crippen molar-refractivity contribution >= 4 is 23.9 Å². The molecule has 0 saturated heterocycles. The van der Waals surface area contributed by atoms with Crippen molar-refractivity contribution in [1.29, 1.82) is 0 Å². The number of primary amides is 1. The number of aliphatic imine (C=N–C) groups is 1. The van der Waals surface area contributed by atoms with E-state index in [1.54, 1.807) is 0 Å². The van der Waals surface area contributed by atoms with Gasteiger partial charge in [-0.25, -0.2) is 15.6 Å². The molecule has 0 bridgehead atoms. The van der Waals surface area contributed by atoms with Gasteiger partial charge in [0, 0.05) is 5.56 Å². The second-order valence-electron chi connectivity index (χ2n) is 2.86.